The zero-order chi connectivity index (χ0) is 19.5. The quantitative estimate of drug-likeness (QED) is 0.598. The molecule has 6 nitrogen and oxygen atoms in total. The van der Waals surface area contributed by atoms with Gasteiger partial charge in [-0.15, -0.1) is 10.2 Å². The number of H-pyrrole nitrogens is 1. The van der Waals surface area contributed by atoms with Crippen LogP contribution in [0.25, 0.3) is 16.6 Å². The van der Waals surface area contributed by atoms with Crippen molar-refractivity contribution in [1.29, 1.82) is 0 Å². The lowest BCUT2D eigenvalue weighted by Gasteiger charge is -2.46. The van der Waals surface area contributed by atoms with Crippen molar-refractivity contribution < 1.29 is 0 Å². The number of aromatic nitrogens is 5. The predicted molar refractivity (Wildman–Crippen MR) is 109 cm³/mol. The van der Waals surface area contributed by atoms with Crippen LogP contribution in [0.4, 0.5) is 0 Å². The molecule has 0 atom stereocenters. The first-order valence-electron chi connectivity index (χ1n) is 9.64. The number of benzene rings is 1. The molecule has 1 N–H and O–H groups in total. The molecule has 4 aromatic rings. The molecule has 0 saturated heterocycles. The molecule has 0 amide bonds. The number of aryl methyl sites for hydroxylation is 2. The SMILES string of the molecule is Cc1cn(-c2cccc([C@]3(c4nncn4C)C[C@@H](C)C3)c2)c(=O)c2[nH]ccc12. The number of rotatable bonds is 3. The van der Waals surface area contributed by atoms with Crippen molar-refractivity contribution in [2.75, 3.05) is 0 Å². The molecule has 1 fully saturated rings. The third-order valence-electron chi connectivity index (χ3n) is 6.14. The zero-order valence-corrected chi connectivity index (χ0v) is 16.3. The van der Waals surface area contributed by atoms with E-state index in [1.54, 1.807) is 10.9 Å². The Bertz CT molecular complexity index is 1240. The van der Waals surface area contributed by atoms with Crippen molar-refractivity contribution in [2.24, 2.45) is 13.0 Å². The monoisotopic (exact) mass is 373 g/mol. The summed E-state index contributed by atoms with van der Waals surface area (Å²) in [5.41, 5.74) is 3.61. The van der Waals surface area contributed by atoms with Crippen LogP contribution in [0.1, 0.15) is 36.7 Å². The van der Waals surface area contributed by atoms with Crippen LogP contribution in [0.3, 0.4) is 0 Å². The van der Waals surface area contributed by atoms with Crippen LogP contribution in [-0.4, -0.2) is 24.3 Å². The van der Waals surface area contributed by atoms with Crippen LogP contribution in [0, 0.1) is 12.8 Å². The molecular weight excluding hydrogens is 350 g/mol. The number of nitrogens with one attached hydrogen (secondary N) is 1. The molecular formula is C22H23N5O. The van der Waals surface area contributed by atoms with Gasteiger partial charge in [0, 0.05) is 30.5 Å². The van der Waals surface area contributed by atoms with Crippen molar-refractivity contribution >= 4 is 10.9 Å². The summed E-state index contributed by atoms with van der Waals surface area (Å²) >= 11 is 0. The molecule has 0 radical (unpaired) electrons. The second kappa shape index (κ2) is 5.92. The van der Waals surface area contributed by atoms with Crippen LogP contribution in [0.15, 0.2) is 53.8 Å². The maximum absolute atomic E-state index is 13.0. The Morgan fingerprint density at radius 1 is 1.25 bits per heavy atom. The van der Waals surface area contributed by atoms with Gasteiger partial charge in [0.05, 0.1) is 5.41 Å². The van der Waals surface area contributed by atoms with Crippen molar-refractivity contribution in [1.82, 2.24) is 24.3 Å². The van der Waals surface area contributed by atoms with Crippen molar-refractivity contribution in [3.63, 3.8) is 0 Å². The summed E-state index contributed by atoms with van der Waals surface area (Å²) in [5.74, 6) is 1.63. The van der Waals surface area contributed by atoms with Crippen LogP contribution in [-0.2, 0) is 12.5 Å². The third-order valence-corrected chi connectivity index (χ3v) is 6.14. The van der Waals surface area contributed by atoms with Gasteiger partial charge in [-0.05, 0) is 55.0 Å². The second-order valence-corrected chi connectivity index (χ2v) is 8.16. The first-order chi connectivity index (χ1) is 13.5. The summed E-state index contributed by atoms with van der Waals surface area (Å²) in [7, 11) is 2.00. The van der Waals surface area contributed by atoms with E-state index in [0.717, 1.165) is 35.3 Å². The van der Waals surface area contributed by atoms with E-state index < -0.39 is 0 Å². The Hall–Kier alpha value is -3.15. The fraction of sp³-hybridized carbons (Fsp3) is 0.318. The van der Waals surface area contributed by atoms with Gasteiger partial charge >= 0.3 is 0 Å². The zero-order valence-electron chi connectivity index (χ0n) is 16.3. The van der Waals surface area contributed by atoms with Crippen molar-refractivity contribution in [2.45, 2.75) is 32.1 Å². The van der Waals surface area contributed by atoms with Crippen molar-refractivity contribution in [3.8, 4) is 5.69 Å². The van der Waals surface area contributed by atoms with Gasteiger partial charge in [0.25, 0.3) is 5.56 Å². The molecule has 1 aliphatic rings. The van der Waals surface area contributed by atoms with Crippen LogP contribution >= 0.6 is 0 Å². The highest BCUT2D eigenvalue weighted by Crippen LogP contribution is 2.51. The topological polar surface area (TPSA) is 68.5 Å². The maximum Gasteiger partial charge on any atom is 0.279 e. The molecule has 6 heteroatoms. The van der Waals surface area contributed by atoms with E-state index in [1.807, 2.05) is 49.1 Å². The fourth-order valence-corrected chi connectivity index (χ4v) is 4.86. The largest absolute Gasteiger partial charge is 0.357 e. The molecule has 0 spiro atoms. The lowest BCUT2D eigenvalue weighted by Crippen LogP contribution is -2.43. The van der Waals surface area contributed by atoms with Gasteiger partial charge in [-0.25, -0.2) is 0 Å². The summed E-state index contributed by atoms with van der Waals surface area (Å²) in [4.78, 5) is 16.1. The molecule has 1 saturated carbocycles. The van der Waals surface area contributed by atoms with Gasteiger partial charge < -0.3 is 9.55 Å². The second-order valence-electron chi connectivity index (χ2n) is 8.16. The Balaban J connectivity index is 1.68. The number of pyridine rings is 1. The van der Waals surface area contributed by atoms with Gasteiger partial charge in [0.1, 0.15) is 17.7 Å². The Kier molecular flexibility index (Phi) is 3.59. The molecule has 5 rings (SSSR count). The smallest absolute Gasteiger partial charge is 0.279 e. The molecule has 1 aliphatic carbocycles. The van der Waals surface area contributed by atoms with Gasteiger partial charge in [0.2, 0.25) is 0 Å². The molecule has 142 valence electrons. The molecule has 0 aliphatic heterocycles. The summed E-state index contributed by atoms with van der Waals surface area (Å²) in [6.45, 7) is 4.30. The Labute approximate surface area is 162 Å². The minimum Gasteiger partial charge on any atom is -0.357 e. The summed E-state index contributed by atoms with van der Waals surface area (Å²) in [6, 6.07) is 10.3. The lowest BCUT2D eigenvalue weighted by molar-refractivity contribution is 0.185. The van der Waals surface area contributed by atoms with E-state index >= 15 is 0 Å². The molecule has 28 heavy (non-hydrogen) atoms. The first-order valence-corrected chi connectivity index (χ1v) is 9.64. The van der Waals surface area contributed by atoms with Crippen LogP contribution in [0.2, 0.25) is 0 Å². The summed E-state index contributed by atoms with van der Waals surface area (Å²) in [6.07, 6.45) is 7.57. The summed E-state index contributed by atoms with van der Waals surface area (Å²) in [5, 5.41) is 9.51. The maximum atomic E-state index is 13.0. The number of hydrogen-bond acceptors (Lipinski definition) is 3. The highest BCUT2D eigenvalue weighted by molar-refractivity contribution is 5.82. The number of aromatic amines is 1. The van der Waals surface area contributed by atoms with Crippen LogP contribution in [0.5, 0.6) is 0 Å². The Morgan fingerprint density at radius 2 is 2.07 bits per heavy atom. The van der Waals surface area contributed by atoms with E-state index in [-0.39, 0.29) is 11.0 Å². The fourth-order valence-electron chi connectivity index (χ4n) is 4.86. The molecule has 0 bridgehead atoms. The molecule has 3 aromatic heterocycles. The van der Waals surface area contributed by atoms with Crippen LogP contribution < -0.4 is 5.56 Å². The standard InChI is InChI=1S/C22H23N5O/c1-14-10-22(11-14,21-25-24-13-26(21)3)16-5-4-6-17(9-16)27-12-15(2)18-7-8-23-19(18)20(27)28/h4-9,12-14,23H,10-11H2,1-3H3/t14-,22+. The van der Waals surface area contributed by atoms with Gasteiger partial charge in [0.15, 0.2) is 0 Å². The van der Waals surface area contributed by atoms with E-state index in [2.05, 4.69) is 34.2 Å². The molecule has 0 unspecified atom stereocenters. The highest BCUT2D eigenvalue weighted by Gasteiger charge is 2.48. The minimum absolute atomic E-state index is 0.0302. The van der Waals surface area contributed by atoms with Crippen molar-refractivity contribution in [3.05, 3.63) is 76.4 Å². The van der Waals surface area contributed by atoms with E-state index in [1.165, 1.54) is 5.56 Å². The Morgan fingerprint density at radius 3 is 2.79 bits per heavy atom. The van der Waals surface area contributed by atoms with Gasteiger partial charge in [-0.2, -0.15) is 0 Å². The molecule has 3 heterocycles. The van der Waals surface area contributed by atoms with E-state index in [0.29, 0.717) is 11.4 Å². The van der Waals surface area contributed by atoms with Gasteiger partial charge in [-0.1, -0.05) is 19.1 Å². The van der Waals surface area contributed by atoms with E-state index in [4.69, 9.17) is 0 Å². The number of hydrogen-bond donors (Lipinski definition) is 1. The molecule has 1 aromatic carbocycles. The summed E-state index contributed by atoms with van der Waals surface area (Å²) < 4.78 is 3.75. The predicted octanol–water partition coefficient (Wildman–Crippen LogP) is 3.47. The lowest BCUT2D eigenvalue weighted by atomic mass is 9.58. The normalized spacial score (nSPS) is 21.8. The number of fused-ring (bicyclic) bond motifs is 1. The average molecular weight is 373 g/mol. The van der Waals surface area contributed by atoms with E-state index in [9.17, 15) is 4.79 Å². The van der Waals surface area contributed by atoms with Gasteiger partial charge in [-0.3, -0.25) is 9.36 Å². The first kappa shape index (κ1) is 17.0. The minimum atomic E-state index is -0.143. The highest BCUT2D eigenvalue weighted by atomic mass is 16.1. The average Bonchev–Trinajstić information content (AvgIpc) is 3.32. The number of nitrogens with zero attached hydrogens (tertiary/aromatic N) is 4. The third kappa shape index (κ3) is 2.30.